The Labute approximate surface area is 158 Å². The fraction of sp³-hybridized carbons (Fsp3) is 0.133. The summed E-state index contributed by atoms with van der Waals surface area (Å²) >= 11 is 11.5. The molecule has 0 aromatic heterocycles. The van der Waals surface area contributed by atoms with Crippen LogP contribution < -0.4 is 20.1 Å². The Hall–Kier alpha value is -2.46. The lowest BCUT2D eigenvalue weighted by atomic mass is 10.3. The summed E-state index contributed by atoms with van der Waals surface area (Å²) in [6.45, 7) is 0. The average Bonchev–Trinajstić information content (AvgIpc) is 2.89. The van der Waals surface area contributed by atoms with Gasteiger partial charge in [-0.3, -0.25) is 5.32 Å². The quantitative estimate of drug-likeness (QED) is 0.655. The minimum atomic E-state index is -5.23. The minimum Gasteiger partial charge on any atom is -0.424 e. The maximum Gasteiger partial charge on any atom is 0.492 e. The van der Waals surface area contributed by atoms with Gasteiger partial charge in [0.15, 0.2) is 23.1 Å². The van der Waals surface area contributed by atoms with Crippen LogP contribution in [-0.4, -0.2) is 18.1 Å². The van der Waals surface area contributed by atoms with Crippen molar-refractivity contribution in [3.63, 3.8) is 0 Å². The number of halogens is 7. The third-order valence-corrected chi connectivity index (χ3v) is 4.04. The van der Waals surface area contributed by atoms with Crippen LogP contribution in [0.1, 0.15) is 0 Å². The van der Waals surface area contributed by atoms with Gasteiger partial charge in [0.2, 0.25) is 0 Å². The molecule has 0 bridgehead atoms. The molecule has 1 aliphatic rings. The van der Waals surface area contributed by atoms with Gasteiger partial charge in [-0.05, 0) is 12.1 Å². The van der Waals surface area contributed by atoms with Crippen LogP contribution in [0.4, 0.5) is 32.4 Å². The van der Waals surface area contributed by atoms with Crippen molar-refractivity contribution in [2.24, 2.45) is 0 Å². The average molecular weight is 429 g/mol. The van der Waals surface area contributed by atoms with Crippen molar-refractivity contribution in [2.45, 2.75) is 12.1 Å². The summed E-state index contributed by atoms with van der Waals surface area (Å²) in [6.07, 6.45) is -5.23. The van der Waals surface area contributed by atoms with Gasteiger partial charge in [-0.25, -0.2) is 13.6 Å². The Morgan fingerprint density at radius 3 is 2.00 bits per heavy atom. The van der Waals surface area contributed by atoms with Gasteiger partial charge in [-0.2, -0.15) is 13.2 Å². The van der Waals surface area contributed by atoms with Crippen molar-refractivity contribution in [3.05, 3.63) is 52.0 Å². The van der Waals surface area contributed by atoms with Gasteiger partial charge in [0.05, 0.1) is 10.0 Å². The molecule has 1 aliphatic heterocycles. The number of hydrogen-bond donors (Lipinski definition) is 2. The first-order chi connectivity index (χ1) is 12.5. The molecule has 0 unspecified atom stereocenters. The number of fused-ring (bicyclic) bond motifs is 1. The lowest BCUT2D eigenvalue weighted by Gasteiger charge is -2.29. The molecule has 0 saturated heterocycles. The van der Waals surface area contributed by atoms with Gasteiger partial charge in [0.1, 0.15) is 0 Å². The molecule has 0 saturated carbocycles. The largest absolute Gasteiger partial charge is 0.492 e. The molecule has 1 heterocycles. The highest BCUT2D eigenvalue weighted by Crippen LogP contribution is 2.47. The van der Waals surface area contributed by atoms with Crippen LogP contribution in [0.25, 0.3) is 0 Å². The number of amides is 2. The fourth-order valence-corrected chi connectivity index (χ4v) is 2.43. The van der Waals surface area contributed by atoms with E-state index in [1.54, 1.807) is 0 Å². The predicted octanol–water partition coefficient (Wildman–Crippen LogP) is 5.08. The Kier molecular flexibility index (Phi) is 4.73. The molecule has 2 aromatic rings. The molecular formula is C15H7Cl2F5N2O3. The molecule has 144 valence electrons. The van der Waals surface area contributed by atoms with Gasteiger partial charge in [-0.15, -0.1) is 0 Å². The number of rotatable bonds is 2. The van der Waals surface area contributed by atoms with Crippen LogP contribution in [0.2, 0.25) is 10.0 Å². The summed E-state index contributed by atoms with van der Waals surface area (Å²) in [7, 11) is 0. The van der Waals surface area contributed by atoms with E-state index in [9.17, 15) is 26.7 Å². The first-order valence-electron chi connectivity index (χ1n) is 6.99. The van der Waals surface area contributed by atoms with Crippen molar-refractivity contribution in [1.29, 1.82) is 0 Å². The van der Waals surface area contributed by atoms with E-state index in [1.165, 1.54) is 5.32 Å². The number of urea groups is 1. The molecule has 0 spiro atoms. The maximum atomic E-state index is 13.5. The second kappa shape index (κ2) is 6.61. The number of nitrogens with one attached hydrogen (secondary N) is 2. The van der Waals surface area contributed by atoms with Crippen molar-refractivity contribution in [2.75, 3.05) is 5.32 Å². The molecule has 0 aliphatic carbocycles. The molecule has 12 heteroatoms. The first kappa shape index (κ1) is 19.3. The SMILES string of the molecule is O=C(Nc1ccc(F)c(F)c1)NC1(C(F)(F)F)Oc2cc(Cl)c(Cl)cc2O1. The number of benzene rings is 2. The highest BCUT2D eigenvalue weighted by molar-refractivity contribution is 6.42. The third-order valence-electron chi connectivity index (χ3n) is 3.32. The standard InChI is InChI=1S/C15H7Cl2F5N2O3/c16-7-4-11-12(5-8(7)17)27-15(26-11,14(20,21)22)24-13(25)23-6-1-2-9(18)10(19)3-6/h1-5H,(H2,23,24,25). The van der Waals surface area contributed by atoms with Crippen molar-refractivity contribution < 1.29 is 36.2 Å². The maximum absolute atomic E-state index is 13.5. The van der Waals surface area contributed by atoms with E-state index in [0.717, 1.165) is 18.2 Å². The number of ether oxygens (including phenoxy) is 2. The highest BCUT2D eigenvalue weighted by Gasteiger charge is 2.65. The van der Waals surface area contributed by atoms with Crippen LogP contribution in [-0.2, 0) is 0 Å². The summed E-state index contributed by atoms with van der Waals surface area (Å²) in [6, 6.07) is 2.74. The topological polar surface area (TPSA) is 59.6 Å². The lowest BCUT2D eigenvalue weighted by molar-refractivity contribution is -0.317. The third kappa shape index (κ3) is 3.67. The molecule has 2 amide bonds. The summed E-state index contributed by atoms with van der Waals surface area (Å²) in [5, 5.41) is 3.20. The van der Waals surface area contributed by atoms with Gasteiger partial charge < -0.3 is 14.8 Å². The smallest absolute Gasteiger partial charge is 0.424 e. The lowest BCUT2D eigenvalue weighted by Crippen LogP contribution is -2.65. The van der Waals surface area contributed by atoms with Crippen LogP contribution >= 0.6 is 23.2 Å². The van der Waals surface area contributed by atoms with Gasteiger partial charge >= 0.3 is 18.1 Å². The first-order valence-corrected chi connectivity index (χ1v) is 7.74. The molecule has 2 aromatic carbocycles. The van der Waals surface area contributed by atoms with Crippen LogP contribution in [0, 0.1) is 11.6 Å². The summed E-state index contributed by atoms with van der Waals surface area (Å²) in [5.74, 6) is -6.89. The molecule has 0 fully saturated rings. The second-order valence-electron chi connectivity index (χ2n) is 5.24. The summed E-state index contributed by atoms with van der Waals surface area (Å²) < 4.78 is 76.1. The molecule has 2 N–H and O–H groups in total. The second-order valence-corrected chi connectivity index (χ2v) is 6.05. The molecule has 3 rings (SSSR count). The van der Waals surface area contributed by atoms with E-state index >= 15 is 0 Å². The Balaban J connectivity index is 1.84. The van der Waals surface area contributed by atoms with E-state index in [-0.39, 0.29) is 15.7 Å². The molecular weight excluding hydrogens is 422 g/mol. The normalized spacial score (nSPS) is 14.8. The Morgan fingerprint density at radius 2 is 1.52 bits per heavy atom. The molecule has 0 atom stereocenters. The van der Waals surface area contributed by atoms with E-state index in [2.05, 4.69) is 0 Å². The zero-order chi connectivity index (χ0) is 20.0. The van der Waals surface area contributed by atoms with Crippen LogP contribution in [0.5, 0.6) is 11.5 Å². The Bertz CT molecular complexity index is 892. The van der Waals surface area contributed by atoms with Crippen molar-refractivity contribution in [1.82, 2.24) is 5.32 Å². The number of carbonyl (C=O) groups is 1. The van der Waals surface area contributed by atoms with Crippen molar-refractivity contribution in [3.8, 4) is 11.5 Å². The van der Waals surface area contributed by atoms with E-state index < -0.39 is 41.3 Å². The Morgan fingerprint density at radius 1 is 0.963 bits per heavy atom. The zero-order valence-corrected chi connectivity index (χ0v) is 14.3. The summed E-state index contributed by atoms with van der Waals surface area (Å²) in [5.41, 5.74) is -0.301. The van der Waals surface area contributed by atoms with E-state index in [1.807, 2.05) is 5.32 Å². The van der Waals surface area contributed by atoms with Gasteiger partial charge in [0.25, 0.3) is 0 Å². The zero-order valence-electron chi connectivity index (χ0n) is 12.8. The van der Waals surface area contributed by atoms with Gasteiger partial charge in [-0.1, -0.05) is 23.2 Å². The molecule has 5 nitrogen and oxygen atoms in total. The van der Waals surface area contributed by atoms with Crippen molar-refractivity contribution >= 4 is 34.9 Å². The number of alkyl halides is 3. The molecule has 0 radical (unpaired) electrons. The van der Waals surface area contributed by atoms with E-state index in [0.29, 0.717) is 12.1 Å². The van der Waals surface area contributed by atoms with Gasteiger partial charge in [0, 0.05) is 23.9 Å². The monoisotopic (exact) mass is 428 g/mol. The minimum absolute atomic E-state index is 0.0942. The number of hydrogen-bond acceptors (Lipinski definition) is 3. The highest BCUT2D eigenvalue weighted by atomic mass is 35.5. The van der Waals surface area contributed by atoms with Crippen LogP contribution in [0.3, 0.4) is 0 Å². The van der Waals surface area contributed by atoms with Crippen LogP contribution in [0.15, 0.2) is 30.3 Å². The predicted molar refractivity (Wildman–Crippen MR) is 85.0 cm³/mol. The number of anilines is 1. The summed E-state index contributed by atoms with van der Waals surface area (Å²) in [4.78, 5) is 12.0. The molecule has 27 heavy (non-hydrogen) atoms. The van der Waals surface area contributed by atoms with E-state index in [4.69, 9.17) is 32.7 Å². The fourth-order valence-electron chi connectivity index (χ4n) is 2.12. The number of carbonyl (C=O) groups excluding carboxylic acids is 1.